The summed E-state index contributed by atoms with van der Waals surface area (Å²) in [5, 5.41) is 15.0. The summed E-state index contributed by atoms with van der Waals surface area (Å²) in [6, 6.07) is 8.05. The predicted molar refractivity (Wildman–Crippen MR) is 87.2 cm³/mol. The highest BCUT2D eigenvalue weighted by molar-refractivity contribution is 5.92. The average molecular weight is 287 g/mol. The number of nitrogens with zero attached hydrogens (tertiary/aromatic N) is 1. The van der Waals surface area contributed by atoms with Crippen molar-refractivity contribution in [2.75, 3.05) is 17.2 Å². The van der Waals surface area contributed by atoms with Gasteiger partial charge in [0.15, 0.2) is 0 Å². The van der Waals surface area contributed by atoms with Gasteiger partial charge in [-0.05, 0) is 36.5 Å². The van der Waals surface area contributed by atoms with Gasteiger partial charge in [0.1, 0.15) is 0 Å². The fraction of sp³-hybridized carbons (Fsp3) is 0.529. The van der Waals surface area contributed by atoms with Gasteiger partial charge >= 0.3 is 0 Å². The number of hydrogen-bond donors (Lipinski definition) is 2. The second-order valence-corrected chi connectivity index (χ2v) is 6.06. The molecule has 2 N–H and O–H groups in total. The highest BCUT2D eigenvalue weighted by Gasteiger charge is 2.17. The minimum absolute atomic E-state index is 0.0181. The lowest BCUT2D eigenvalue weighted by Crippen LogP contribution is -2.23. The first-order valence-corrected chi connectivity index (χ1v) is 7.40. The third kappa shape index (κ3) is 5.47. The molecule has 0 aromatic heterocycles. The van der Waals surface area contributed by atoms with Crippen LogP contribution in [0.1, 0.15) is 45.6 Å². The van der Waals surface area contributed by atoms with Crippen molar-refractivity contribution < 1.29 is 4.79 Å². The van der Waals surface area contributed by atoms with Crippen LogP contribution in [0, 0.1) is 23.7 Å². The van der Waals surface area contributed by atoms with Crippen molar-refractivity contribution in [1.29, 1.82) is 5.26 Å². The zero-order valence-electron chi connectivity index (χ0n) is 13.4. The summed E-state index contributed by atoms with van der Waals surface area (Å²) in [6.07, 6.45) is 1.90. The Bertz CT molecular complexity index is 529. The molecule has 0 saturated heterocycles. The number of carbonyl (C=O) groups excluding carboxylic acids is 1. The maximum atomic E-state index is 11.5. The van der Waals surface area contributed by atoms with Crippen LogP contribution in [0.5, 0.6) is 0 Å². The van der Waals surface area contributed by atoms with Crippen molar-refractivity contribution in [2.24, 2.45) is 5.41 Å². The van der Waals surface area contributed by atoms with Crippen molar-refractivity contribution in [3.05, 3.63) is 23.8 Å². The first kappa shape index (κ1) is 17.0. The van der Waals surface area contributed by atoms with Crippen molar-refractivity contribution in [3.63, 3.8) is 0 Å². The van der Waals surface area contributed by atoms with E-state index in [1.165, 1.54) is 0 Å². The van der Waals surface area contributed by atoms with Crippen molar-refractivity contribution in [1.82, 2.24) is 0 Å². The number of nitriles is 1. The smallest absolute Gasteiger partial charge is 0.224 e. The van der Waals surface area contributed by atoms with Crippen LogP contribution in [-0.4, -0.2) is 12.5 Å². The number of carbonyl (C=O) groups is 1. The summed E-state index contributed by atoms with van der Waals surface area (Å²) in [4.78, 5) is 11.5. The lowest BCUT2D eigenvalue weighted by molar-refractivity contribution is -0.115. The third-order valence-corrected chi connectivity index (χ3v) is 3.60. The maximum absolute atomic E-state index is 11.5. The molecule has 114 valence electrons. The van der Waals surface area contributed by atoms with Crippen LogP contribution in [0.15, 0.2) is 18.2 Å². The van der Waals surface area contributed by atoms with E-state index in [4.69, 9.17) is 5.26 Å². The first-order valence-electron chi connectivity index (χ1n) is 7.40. The van der Waals surface area contributed by atoms with Crippen LogP contribution >= 0.6 is 0 Å². The van der Waals surface area contributed by atoms with Crippen molar-refractivity contribution in [3.8, 4) is 6.07 Å². The Morgan fingerprint density at radius 1 is 1.33 bits per heavy atom. The zero-order valence-corrected chi connectivity index (χ0v) is 13.4. The lowest BCUT2D eigenvalue weighted by atomic mass is 9.88. The highest BCUT2D eigenvalue weighted by Crippen LogP contribution is 2.27. The summed E-state index contributed by atoms with van der Waals surface area (Å²) in [5.41, 5.74) is 2.97. The summed E-state index contributed by atoms with van der Waals surface area (Å²) in [7, 11) is 0. The van der Waals surface area contributed by atoms with E-state index in [1.54, 1.807) is 0 Å². The number of anilines is 2. The molecule has 0 atom stereocenters. The standard InChI is InChI=1S/C17H25N3O/c1-5-16(21)20-15-9-6-8-14(13(15)2)19-12-17(3,4)10-7-11-18/h6,8-9,19H,5,7,10,12H2,1-4H3,(H,20,21). The van der Waals surface area contributed by atoms with Gasteiger partial charge in [0.2, 0.25) is 5.91 Å². The van der Waals surface area contributed by atoms with E-state index >= 15 is 0 Å². The third-order valence-electron chi connectivity index (χ3n) is 3.60. The van der Waals surface area contributed by atoms with Crippen LogP contribution in [0.2, 0.25) is 0 Å². The first-order chi connectivity index (χ1) is 9.89. The molecule has 1 aromatic rings. The lowest BCUT2D eigenvalue weighted by Gasteiger charge is -2.25. The van der Waals surface area contributed by atoms with E-state index in [0.717, 1.165) is 29.9 Å². The van der Waals surface area contributed by atoms with Crippen LogP contribution < -0.4 is 10.6 Å². The van der Waals surface area contributed by atoms with E-state index < -0.39 is 0 Å². The fourth-order valence-corrected chi connectivity index (χ4v) is 2.02. The number of hydrogen-bond acceptors (Lipinski definition) is 3. The second kappa shape index (κ2) is 7.68. The normalized spacial score (nSPS) is 10.8. The number of rotatable bonds is 7. The molecule has 4 nitrogen and oxygen atoms in total. The molecule has 1 amide bonds. The van der Waals surface area contributed by atoms with Crippen LogP contribution in [0.25, 0.3) is 0 Å². The van der Waals surface area contributed by atoms with Crippen LogP contribution in [0.3, 0.4) is 0 Å². The molecule has 0 fully saturated rings. The highest BCUT2D eigenvalue weighted by atomic mass is 16.1. The summed E-state index contributed by atoms with van der Waals surface area (Å²) < 4.78 is 0. The molecule has 0 saturated carbocycles. The predicted octanol–water partition coefficient (Wildman–Crippen LogP) is 4.09. The van der Waals surface area contributed by atoms with E-state index in [-0.39, 0.29) is 11.3 Å². The Labute approximate surface area is 127 Å². The molecular weight excluding hydrogens is 262 g/mol. The maximum Gasteiger partial charge on any atom is 0.224 e. The van der Waals surface area contributed by atoms with E-state index in [2.05, 4.69) is 30.6 Å². The Kier molecular flexibility index (Phi) is 6.23. The van der Waals surface area contributed by atoms with E-state index in [9.17, 15) is 4.79 Å². The Hall–Kier alpha value is -2.02. The Morgan fingerprint density at radius 2 is 2.00 bits per heavy atom. The fourth-order valence-electron chi connectivity index (χ4n) is 2.02. The molecule has 0 aliphatic heterocycles. The molecule has 0 spiro atoms. The van der Waals surface area contributed by atoms with Gasteiger partial charge in [-0.3, -0.25) is 4.79 Å². The molecule has 1 rings (SSSR count). The molecule has 0 unspecified atom stereocenters. The molecule has 0 aliphatic carbocycles. The second-order valence-electron chi connectivity index (χ2n) is 6.06. The van der Waals surface area contributed by atoms with Crippen molar-refractivity contribution in [2.45, 2.75) is 47.0 Å². The van der Waals surface area contributed by atoms with Gasteiger partial charge in [0, 0.05) is 30.8 Å². The van der Waals surface area contributed by atoms with Gasteiger partial charge in [0.25, 0.3) is 0 Å². The quantitative estimate of drug-likeness (QED) is 0.794. The molecular formula is C17H25N3O. The molecule has 4 heteroatoms. The van der Waals surface area contributed by atoms with E-state index in [0.29, 0.717) is 12.8 Å². The van der Waals surface area contributed by atoms with E-state index in [1.807, 2.05) is 32.0 Å². The largest absolute Gasteiger partial charge is 0.384 e. The molecule has 21 heavy (non-hydrogen) atoms. The number of nitrogens with one attached hydrogen (secondary N) is 2. The molecule has 0 aliphatic rings. The molecule has 0 heterocycles. The van der Waals surface area contributed by atoms with Gasteiger partial charge in [-0.25, -0.2) is 0 Å². The van der Waals surface area contributed by atoms with Gasteiger partial charge < -0.3 is 10.6 Å². The summed E-state index contributed by atoms with van der Waals surface area (Å²) in [6.45, 7) is 8.92. The number of amides is 1. The summed E-state index contributed by atoms with van der Waals surface area (Å²) >= 11 is 0. The molecule has 0 radical (unpaired) electrons. The van der Waals surface area contributed by atoms with Crippen molar-refractivity contribution >= 4 is 17.3 Å². The van der Waals surface area contributed by atoms with Gasteiger partial charge in [-0.2, -0.15) is 5.26 Å². The van der Waals surface area contributed by atoms with Gasteiger partial charge in [-0.15, -0.1) is 0 Å². The Balaban J connectivity index is 2.74. The minimum Gasteiger partial charge on any atom is -0.384 e. The van der Waals surface area contributed by atoms with Crippen LogP contribution in [0.4, 0.5) is 11.4 Å². The molecule has 0 bridgehead atoms. The van der Waals surface area contributed by atoms with Gasteiger partial charge in [-0.1, -0.05) is 26.8 Å². The number of benzene rings is 1. The topological polar surface area (TPSA) is 64.9 Å². The zero-order chi connectivity index (χ0) is 15.9. The summed E-state index contributed by atoms with van der Waals surface area (Å²) in [5.74, 6) is 0.0181. The van der Waals surface area contributed by atoms with Gasteiger partial charge in [0.05, 0.1) is 6.07 Å². The minimum atomic E-state index is 0.0181. The average Bonchev–Trinajstić information content (AvgIpc) is 2.46. The Morgan fingerprint density at radius 3 is 2.62 bits per heavy atom. The SMILES string of the molecule is CCC(=O)Nc1cccc(NCC(C)(C)CCC#N)c1C. The molecule has 1 aromatic carbocycles. The van der Waals surface area contributed by atoms with Crippen LogP contribution in [-0.2, 0) is 4.79 Å². The monoisotopic (exact) mass is 287 g/mol.